The Kier molecular flexibility index (Phi) is 9.06. The van der Waals surface area contributed by atoms with Crippen LogP contribution in [0.25, 0.3) is 0 Å². The van der Waals surface area contributed by atoms with E-state index in [1.54, 1.807) is 62.6 Å². The molecule has 48 heavy (non-hydrogen) atoms. The third kappa shape index (κ3) is 6.17. The molecule has 12 heteroatoms. The topological polar surface area (TPSA) is 124 Å². The van der Waals surface area contributed by atoms with Crippen molar-refractivity contribution < 1.29 is 28.7 Å². The van der Waals surface area contributed by atoms with Crippen LogP contribution >= 0.6 is 23.1 Å². The smallest absolute Gasteiger partial charge is 0.338 e. The summed E-state index contributed by atoms with van der Waals surface area (Å²) in [7, 11) is 1.54. The summed E-state index contributed by atoms with van der Waals surface area (Å²) in [4.78, 5) is 68.5. The molecule has 3 heterocycles. The fourth-order valence-corrected chi connectivity index (χ4v) is 8.81. The average molecular weight is 686 g/mol. The quantitative estimate of drug-likeness (QED) is 0.182. The Hall–Kier alpha value is -4.68. The molecule has 1 saturated heterocycles. The van der Waals surface area contributed by atoms with Crippen LogP contribution < -0.4 is 19.8 Å². The molecule has 1 N–H and O–H groups in total. The summed E-state index contributed by atoms with van der Waals surface area (Å²) in [6.07, 6.45) is 0. The number of methoxy groups -OCH3 is 1. The normalized spacial score (nSPS) is 18.7. The number of esters is 1. The minimum atomic E-state index is -0.807. The van der Waals surface area contributed by atoms with E-state index >= 15 is 0 Å². The molecule has 3 amide bonds. The number of aromatic nitrogens is 1. The van der Waals surface area contributed by atoms with E-state index in [0.29, 0.717) is 32.6 Å². The summed E-state index contributed by atoms with van der Waals surface area (Å²) in [5, 5.41) is 2.47. The van der Waals surface area contributed by atoms with Crippen LogP contribution in [0.15, 0.2) is 82.6 Å². The van der Waals surface area contributed by atoms with Gasteiger partial charge in [0.15, 0.2) is 0 Å². The number of thioether (sulfide) groups is 1. The van der Waals surface area contributed by atoms with Crippen molar-refractivity contribution in [2.45, 2.75) is 55.8 Å². The Balaban J connectivity index is 1.35. The summed E-state index contributed by atoms with van der Waals surface area (Å²) in [6, 6.07) is 21.0. The van der Waals surface area contributed by atoms with Gasteiger partial charge in [0.05, 0.1) is 35.9 Å². The predicted octanol–water partition coefficient (Wildman–Crippen LogP) is 5.83. The van der Waals surface area contributed by atoms with E-state index in [2.05, 4.69) is 26.1 Å². The van der Waals surface area contributed by atoms with E-state index in [4.69, 9.17) is 9.47 Å². The highest BCUT2D eigenvalue weighted by atomic mass is 32.2. The van der Waals surface area contributed by atoms with Crippen LogP contribution in [-0.4, -0.2) is 47.2 Å². The molecule has 10 nitrogen and oxygen atoms in total. The number of ether oxygens (including phenoxy) is 2. The van der Waals surface area contributed by atoms with Crippen molar-refractivity contribution >= 4 is 58.2 Å². The molecule has 2 unspecified atom stereocenters. The first-order chi connectivity index (χ1) is 22.9. The van der Waals surface area contributed by atoms with E-state index < -0.39 is 29.0 Å². The van der Waals surface area contributed by atoms with Crippen LogP contribution in [-0.2, 0) is 31.1 Å². The lowest BCUT2D eigenvalue weighted by molar-refractivity contribution is -0.122. The second-order valence-electron chi connectivity index (χ2n) is 12.6. The van der Waals surface area contributed by atoms with Gasteiger partial charge < -0.3 is 14.8 Å². The number of anilines is 2. The van der Waals surface area contributed by atoms with Crippen LogP contribution in [0.1, 0.15) is 60.0 Å². The highest BCUT2D eigenvalue weighted by Gasteiger charge is 2.56. The van der Waals surface area contributed by atoms with Crippen molar-refractivity contribution in [2.75, 3.05) is 23.9 Å². The van der Waals surface area contributed by atoms with Gasteiger partial charge in [0.1, 0.15) is 17.5 Å². The maximum atomic E-state index is 14.2. The first-order valence-corrected chi connectivity index (χ1v) is 17.2. The molecular formula is C36H35N3O7S2. The number of nitrogens with zero attached hydrogens (tertiary/aromatic N) is 2. The second-order valence-corrected chi connectivity index (χ2v) is 14.7. The van der Waals surface area contributed by atoms with E-state index in [9.17, 15) is 24.0 Å². The van der Waals surface area contributed by atoms with Crippen molar-refractivity contribution in [1.82, 2.24) is 4.57 Å². The highest BCUT2D eigenvalue weighted by Crippen LogP contribution is 2.54. The minimum absolute atomic E-state index is 0.0976. The number of hydrogen-bond acceptors (Lipinski definition) is 9. The van der Waals surface area contributed by atoms with Crippen molar-refractivity contribution in [3.05, 3.63) is 104 Å². The Morgan fingerprint density at radius 1 is 0.896 bits per heavy atom. The lowest BCUT2D eigenvalue weighted by atomic mass is 9.81. The summed E-state index contributed by atoms with van der Waals surface area (Å²) in [5.74, 6) is -2.36. The molecule has 0 aliphatic carbocycles. The van der Waals surface area contributed by atoms with Gasteiger partial charge in [-0.15, -0.1) is 0 Å². The zero-order valence-electron chi connectivity index (χ0n) is 27.1. The third-order valence-corrected chi connectivity index (χ3v) is 11.1. The zero-order valence-corrected chi connectivity index (χ0v) is 28.8. The predicted molar refractivity (Wildman–Crippen MR) is 185 cm³/mol. The van der Waals surface area contributed by atoms with Gasteiger partial charge in [-0.1, -0.05) is 68.1 Å². The Bertz CT molecular complexity index is 1940. The number of carbonyl (C=O) groups excluding carboxylic acids is 4. The molecule has 0 spiro atoms. The van der Waals surface area contributed by atoms with Gasteiger partial charge in [-0.3, -0.25) is 23.7 Å². The van der Waals surface area contributed by atoms with Gasteiger partial charge in [-0.2, -0.15) is 0 Å². The highest BCUT2D eigenvalue weighted by molar-refractivity contribution is 8.00. The number of rotatable bonds is 8. The monoisotopic (exact) mass is 685 g/mol. The molecule has 1 fully saturated rings. The average Bonchev–Trinajstić information content (AvgIpc) is 3.51. The molecule has 4 aromatic rings. The van der Waals surface area contributed by atoms with Crippen molar-refractivity contribution in [2.24, 2.45) is 5.92 Å². The fraction of sp³-hybridized carbons (Fsp3) is 0.306. The molecule has 3 atom stereocenters. The standard InChI is InChI=1S/C36H35N3O7S2/c1-6-46-34(43)21-9-13-23(14-10-21)37-26(40)19-38-33-30(48-35(38)44)27(20-7-11-22(12-8-20)36(2,3)4)28-29(47-33)32(42)39(31(28)41)24-15-17-25(45-5)18-16-24/h7-18,27-29H,6,19H2,1-5H3,(H,37,40)/t27-,28?,29?/m1/s1. The molecule has 3 aromatic carbocycles. The van der Waals surface area contributed by atoms with Crippen molar-refractivity contribution in [3.8, 4) is 5.75 Å². The molecule has 2 aliphatic heterocycles. The van der Waals surface area contributed by atoms with Crippen LogP contribution in [0.4, 0.5) is 11.4 Å². The molecule has 6 rings (SSSR count). The van der Waals surface area contributed by atoms with Gasteiger partial charge in [-0.25, -0.2) is 9.69 Å². The molecule has 2 aliphatic rings. The molecule has 0 bridgehead atoms. The number of hydrogen-bond donors (Lipinski definition) is 1. The molecule has 248 valence electrons. The van der Waals surface area contributed by atoms with Crippen LogP contribution in [0.3, 0.4) is 0 Å². The van der Waals surface area contributed by atoms with Gasteiger partial charge in [-0.05, 0) is 72.0 Å². The van der Waals surface area contributed by atoms with E-state index in [0.717, 1.165) is 34.2 Å². The molecule has 0 saturated carbocycles. The third-order valence-electron chi connectivity index (χ3n) is 8.50. The summed E-state index contributed by atoms with van der Waals surface area (Å²) >= 11 is 2.16. The van der Waals surface area contributed by atoms with E-state index in [1.807, 2.05) is 24.3 Å². The van der Waals surface area contributed by atoms with E-state index in [-0.39, 0.29) is 35.3 Å². The Morgan fingerprint density at radius 2 is 1.56 bits per heavy atom. The van der Waals surface area contributed by atoms with Crippen LogP contribution in [0.2, 0.25) is 0 Å². The van der Waals surface area contributed by atoms with Gasteiger partial charge in [0.25, 0.3) is 0 Å². The largest absolute Gasteiger partial charge is 0.497 e. The molecule has 1 aromatic heterocycles. The summed E-state index contributed by atoms with van der Waals surface area (Å²) < 4.78 is 11.7. The number of carbonyl (C=O) groups is 4. The number of thiazole rings is 1. The number of fused-ring (bicyclic) bond motifs is 2. The lowest BCUT2D eigenvalue weighted by Gasteiger charge is -2.31. The minimum Gasteiger partial charge on any atom is -0.497 e. The number of nitrogens with one attached hydrogen (secondary N) is 1. The molecular weight excluding hydrogens is 651 g/mol. The maximum Gasteiger partial charge on any atom is 0.338 e. The lowest BCUT2D eigenvalue weighted by Crippen LogP contribution is -2.33. The SMILES string of the molecule is CCOC(=O)c1ccc(NC(=O)Cn2c3c(sc2=O)[C@H](c2ccc(C(C)(C)C)cc2)C2C(=O)N(c4ccc(OC)cc4)C(=O)C2S3)cc1. The van der Waals surface area contributed by atoms with Crippen LogP contribution in [0.5, 0.6) is 5.75 Å². The van der Waals surface area contributed by atoms with Gasteiger partial charge in [0.2, 0.25) is 17.7 Å². The summed E-state index contributed by atoms with van der Waals surface area (Å²) in [6.45, 7) is 8.02. The Morgan fingerprint density at radius 3 is 2.17 bits per heavy atom. The number of imide groups is 1. The summed E-state index contributed by atoms with van der Waals surface area (Å²) in [5.41, 5.74) is 3.07. The van der Waals surface area contributed by atoms with Gasteiger partial charge >= 0.3 is 10.8 Å². The molecule has 0 radical (unpaired) electrons. The number of amides is 3. The number of benzene rings is 3. The fourth-order valence-electron chi connectivity index (χ4n) is 6.04. The second kappa shape index (κ2) is 13.1. The Labute approximate surface area is 286 Å². The zero-order chi connectivity index (χ0) is 34.3. The van der Waals surface area contributed by atoms with Crippen molar-refractivity contribution in [3.63, 3.8) is 0 Å². The van der Waals surface area contributed by atoms with Gasteiger partial charge in [0, 0.05) is 16.5 Å². The first-order valence-electron chi connectivity index (χ1n) is 15.5. The van der Waals surface area contributed by atoms with Crippen LogP contribution in [0, 0.1) is 5.92 Å². The maximum absolute atomic E-state index is 14.2. The van der Waals surface area contributed by atoms with E-state index in [1.165, 1.54) is 9.47 Å². The first kappa shape index (κ1) is 33.2. The van der Waals surface area contributed by atoms with Crippen molar-refractivity contribution in [1.29, 1.82) is 0 Å².